The Balaban J connectivity index is 2.18. The van der Waals surface area contributed by atoms with Gasteiger partial charge in [-0.15, -0.1) is 0 Å². The highest BCUT2D eigenvalue weighted by atomic mass is 79.9. The van der Waals surface area contributed by atoms with Crippen molar-refractivity contribution in [2.45, 2.75) is 13.0 Å². The summed E-state index contributed by atoms with van der Waals surface area (Å²) >= 11 is 9.27. The second-order valence-corrected chi connectivity index (χ2v) is 5.44. The summed E-state index contributed by atoms with van der Waals surface area (Å²) in [4.78, 5) is 14.0. The standard InChI is InChI=1S/C12H13BrClNO2/c1-8-7-15(2-3-17-8)12(16)9-4-10(13)6-11(14)5-9/h4-6,8H,2-3,7H2,1H3. The Bertz CT molecular complexity index is 418. The van der Waals surface area contributed by atoms with Gasteiger partial charge in [0, 0.05) is 28.1 Å². The van der Waals surface area contributed by atoms with Gasteiger partial charge < -0.3 is 9.64 Å². The highest BCUT2D eigenvalue weighted by Gasteiger charge is 2.22. The van der Waals surface area contributed by atoms with Crippen molar-refractivity contribution < 1.29 is 9.53 Å². The van der Waals surface area contributed by atoms with Crippen molar-refractivity contribution in [2.75, 3.05) is 19.7 Å². The lowest BCUT2D eigenvalue weighted by Gasteiger charge is -2.31. The van der Waals surface area contributed by atoms with Crippen LogP contribution in [-0.4, -0.2) is 36.6 Å². The fraction of sp³-hybridized carbons (Fsp3) is 0.417. The number of nitrogens with zero attached hydrogens (tertiary/aromatic N) is 1. The molecule has 1 atom stereocenters. The van der Waals surface area contributed by atoms with E-state index in [1.54, 1.807) is 23.1 Å². The van der Waals surface area contributed by atoms with E-state index < -0.39 is 0 Å². The zero-order valence-corrected chi connectivity index (χ0v) is 11.8. The summed E-state index contributed by atoms with van der Waals surface area (Å²) in [5, 5.41) is 0.559. The molecule has 1 aromatic carbocycles. The SMILES string of the molecule is CC1CN(C(=O)c2cc(Cl)cc(Br)c2)CCO1. The topological polar surface area (TPSA) is 29.5 Å². The predicted molar refractivity (Wildman–Crippen MR) is 70.5 cm³/mol. The molecule has 92 valence electrons. The van der Waals surface area contributed by atoms with Crippen LogP contribution in [0.3, 0.4) is 0 Å². The zero-order valence-electron chi connectivity index (χ0n) is 9.45. The molecule has 1 heterocycles. The highest BCUT2D eigenvalue weighted by molar-refractivity contribution is 9.10. The van der Waals surface area contributed by atoms with Crippen molar-refractivity contribution >= 4 is 33.4 Å². The molecule has 1 aromatic rings. The quantitative estimate of drug-likeness (QED) is 0.797. The average molecular weight is 319 g/mol. The fourth-order valence-corrected chi connectivity index (χ4v) is 2.72. The van der Waals surface area contributed by atoms with Crippen LogP contribution in [0.5, 0.6) is 0 Å². The summed E-state index contributed by atoms with van der Waals surface area (Å²) in [7, 11) is 0. The first-order chi connectivity index (χ1) is 8.06. The van der Waals surface area contributed by atoms with Gasteiger partial charge >= 0.3 is 0 Å². The largest absolute Gasteiger partial charge is 0.375 e. The van der Waals surface area contributed by atoms with E-state index in [0.29, 0.717) is 30.3 Å². The second kappa shape index (κ2) is 5.38. The molecule has 0 radical (unpaired) electrons. The van der Waals surface area contributed by atoms with Crippen molar-refractivity contribution in [1.29, 1.82) is 0 Å². The maximum absolute atomic E-state index is 12.2. The van der Waals surface area contributed by atoms with Crippen LogP contribution in [0.2, 0.25) is 5.02 Å². The van der Waals surface area contributed by atoms with Crippen LogP contribution in [0.25, 0.3) is 0 Å². The van der Waals surface area contributed by atoms with Gasteiger partial charge in [-0.05, 0) is 25.1 Å². The van der Waals surface area contributed by atoms with Crippen molar-refractivity contribution in [3.8, 4) is 0 Å². The van der Waals surface area contributed by atoms with Gasteiger partial charge in [0.15, 0.2) is 0 Å². The Hall–Kier alpha value is -0.580. The maximum atomic E-state index is 12.2. The molecule has 17 heavy (non-hydrogen) atoms. The van der Waals surface area contributed by atoms with Gasteiger partial charge in [0.25, 0.3) is 5.91 Å². The van der Waals surface area contributed by atoms with E-state index in [-0.39, 0.29) is 12.0 Å². The Morgan fingerprint density at radius 2 is 2.29 bits per heavy atom. The molecule has 1 amide bonds. The van der Waals surface area contributed by atoms with Crippen LogP contribution in [0.15, 0.2) is 22.7 Å². The number of benzene rings is 1. The van der Waals surface area contributed by atoms with Gasteiger partial charge in [0.05, 0.1) is 12.7 Å². The van der Waals surface area contributed by atoms with Gasteiger partial charge in [-0.1, -0.05) is 27.5 Å². The van der Waals surface area contributed by atoms with E-state index in [2.05, 4.69) is 15.9 Å². The minimum Gasteiger partial charge on any atom is -0.375 e. The molecule has 1 saturated heterocycles. The summed E-state index contributed by atoms with van der Waals surface area (Å²) in [5.74, 6) is 0.00310. The Morgan fingerprint density at radius 3 is 2.94 bits per heavy atom. The van der Waals surface area contributed by atoms with Crippen LogP contribution in [-0.2, 0) is 4.74 Å². The van der Waals surface area contributed by atoms with E-state index in [0.717, 1.165) is 4.47 Å². The van der Waals surface area contributed by atoms with E-state index in [1.807, 2.05) is 6.92 Å². The molecular formula is C12H13BrClNO2. The molecule has 0 bridgehead atoms. The zero-order chi connectivity index (χ0) is 12.4. The predicted octanol–water partition coefficient (Wildman–Crippen LogP) is 2.96. The minimum atomic E-state index is 0.00310. The Morgan fingerprint density at radius 1 is 1.53 bits per heavy atom. The maximum Gasteiger partial charge on any atom is 0.254 e. The fourth-order valence-electron chi connectivity index (χ4n) is 1.86. The number of amides is 1. The van der Waals surface area contributed by atoms with E-state index in [4.69, 9.17) is 16.3 Å². The number of hydrogen-bond donors (Lipinski definition) is 0. The molecule has 3 nitrogen and oxygen atoms in total. The van der Waals surface area contributed by atoms with Gasteiger partial charge in [0.1, 0.15) is 0 Å². The molecule has 1 aliphatic heterocycles. The molecule has 1 unspecified atom stereocenters. The average Bonchev–Trinajstić information content (AvgIpc) is 2.26. The lowest BCUT2D eigenvalue weighted by molar-refractivity contribution is -0.0124. The van der Waals surface area contributed by atoms with Crippen molar-refractivity contribution in [1.82, 2.24) is 4.90 Å². The van der Waals surface area contributed by atoms with Gasteiger partial charge in [-0.3, -0.25) is 4.79 Å². The first-order valence-corrected chi connectivity index (χ1v) is 6.60. The van der Waals surface area contributed by atoms with Gasteiger partial charge in [0.2, 0.25) is 0 Å². The second-order valence-electron chi connectivity index (χ2n) is 4.09. The van der Waals surface area contributed by atoms with Crippen molar-refractivity contribution in [3.05, 3.63) is 33.3 Å². The van der Waals surface area contributed by atoms with Crippen molar-refractivity contribution in [2.24, 2.45) is 0 Å². The molecule has 0 saturated carbocycles. The summed E-state index contributed by atoms with van der Waals surface area (Å²) in [5.41, 5.74) is 0.610. The molecule has 2 rings (SSSR count). The van der Waals surface area contributed by atoms with Crippen LogP contribution in [0.1, 0.15) is 17.3 Å². The number of rotatable bonds is 1. The van der Waals surface area contributed by atoms with Crippen LogP contribution in [0, 0.1) is 0 Å². The van der Waals surface area contributed by atoms with E-state index in [1.165, 1.54) is 0 Å². The number of carbonyl (C=O) groups excluding carboxylic acids is 1. The molecular weight excluding hydrogens is 305 g/mol. The highest BCUT2D eigenvalue weighted by Crippen LogP contribution is 2.21. The number of carbonyl (C=O) groups is 1. The monoisotopic (exact) mass is 317 g/mol. The van der Waals surface area contributed by atoms with Crippen LogP contribution in [0.4, 0.5) is 0 Å². The normalized spacial score (nSPS) is 20.4. The smallest absolute Gasteiger partial charge is 0.254 e. The summed E-state index contributed by atoms with van der Waals surface area (Å²) in [6, 6.07) is 5.24. The Labute approximate surface area is 114 Å². The third-order valence-electron chi connectivity index (χ3n) is 2.64. The van der Waals surface area contributed by atoms with E-state index in [9.17, 15) is 4.79 Å². The molecule has 0 N–H and O–H groups in total. The van der Waals surface area contributed by atoms with Crippen molar-refractivity contribution in [3.63, 3.8) is 0 Å². The van der Waals surface area contributed by atoms with Gasteiger partial charge in [-0.25, -0.2) is 0 Å². The van der Waals surface area contributed by atoms with E-state index >= 15 is 0 Å². The molecule has 0 aliphatic carbocycles. The van der Waals surface area contributed by atoms with Gasteiger partial charge in [-0.2, -0.15) is 0 Å². The number of halogens is 2. The third kappa shape index (κ3) is 3.21. The first-order valence-electron chi connectivity index (χ1n) is 5.43. The van der Waals surface area contributed by atoms with Crippen LogP contribution >= 0.6 is 27.5 Å². The molecule has 5 heteroatoms. The molecule has 1 aliphatic rings. The molecule has 1 fully saturated rings. The minimum absolute atomic E-state index is 0.00310. The third-order valence-corrected chi connectivity index (χ3v) is 3.31. The lowest BCUT2D eigenvalue weighted by Crippen LogP contribution is -2.44. The number of ether oxygens (including phenoxy) is 1. The summed E-state index contributed by atoms with van der Waals surface area (Å²) < 4.78 is 6.23. The first kappa shape index (κ1) is 12.9. The summed E-state index contributed by atoms with van der Waals surface area (Å²) in [6.45, 7) is 3.82. The van der Waals surface area contributed by atoms with Crippen LogP contribution < -0.4 is 0 Å². The number of hydrogen-bond acceptors (Lipinski definition) is 2. The summed E-state index contributed by atoms with van der Waals surface area (Å²) in [6.07, 6.45) is 0.0929. The Kier molecular flexibility index (Phi) is 4.07. The molecule has 0 spiro atoms. The molecule has 0 aromatic heterocycles. The lowest BCUT2D eigenvalue weighted by atomic mass is 10.2. The number of morpholine rings is 1.